The first kappa shape index (κ1) is 33.8. The van der Waals surface area contributed by atoms with Crippen LogP contribution >= 0.6 is 0 Å². The molecule has 0 fully saturated rings. The summed E-state index contributed by atoms with van der Waals surface area (Å²) in [6, 6.07) is 26.0. The first-order chi connectivity index (χ1) is 24.1. The van der Waals surface area contributed by atoms with Crippen molar-refractivity contribution in [3.8, 4) is 23.0 Å². The maximum Gasteiger partial charge on any atom is 0.137 e. The van der Waals surface area contributed by atoms with Gasteiger partial charge in [0.05, 0.1) is 22.4 Å². The fourth-order valence-electron chi connectivity index (χ4n) is 8.02. The summed E-state index contributed by atoms with van der Waals surface area (Å²) in [5.74, 6) is 4.50. The van der Waals surface area contributed by atoms with Gasteiger partial charge >= 0.3 is 0 Å². The van der Waals surface area contributed by atoms with Crippen LogP contribution in [0.15, 0.2) is 90.6 Å². The van der Waals surface area contributed by atoms with Gasteiger partial charge in [-0.05, 0) is 117 Å². The Hall–Kier alpha value is -4.64. The average Bonchev–Trinajstić information content (AvgIpc) is 3.61. The standard InChI is InChI=1S/C45H52N4O/c1-9-33-21-22-46-43(23-33)48-40-16-11-10-15-38(40)39-19-18-36(27-42(39)48)50-37-25-34(29(4)5)24-35(26-37)49-41(20-17-28(2)3)45(32(8)47-49)44-30(6)13-12-14-31(44)7/h10-11,13,15-16,18-19,21-29,31,44H,9,12,14,17,20H2,1-8H3/t31-,44?/m0/s1. The van der Waals surface area contributed by atoms with E-state index in [9.17, 15) is 0 Å². The molecule has 5 heteroatoms. The van der Waals surface area contributed by atoms with E-state index in [0.717, 1.165) is 59.0 Å². The van der Waals surface area contributed by atoms with Crippen molar-refractivity contribution >= 4 is 21.8 Å². The number of nitrogens with zero attached hydrogens (tertiary/aromatic N) is 4. The molecule has 0 amide bonds. The number of benzene rings is 3. The van der Waals surface area contributed by atoms with E-state index in [1.807, 2.05) is 6.20 Å². The van der Waals surface area contributed by atoms with Gasteiger partial charge in [-0.1, -0.05) is 71.4 Å². The van der Waals surface area contributed by atoms with Crippen LogP contribution in [0.25, 0.3) is 33.3 Å². The molecule has 0 radical (unpaired) electrons. The Bertz CT molecular complexity index is 2200. The lowest BCUT2D eigenvalue weighted by atomic mass is 9.75. The number of hydrogen-bond acceptors (Lipinski definition) is 3. The summed E-state index contributed by atoms with van der Waals surface area (Å²) in [6.45, 7) is 18.3. The summed E-state index contributed by atoms with van der Waals surface area (Å²) in [5.41, 5.74) is 11.2. The highest BCUT2D eigenvalue weighted by Crippen LogP contribution is 2.43. The summed E-state index contributed by atoms with van der Waals surface area (Å²) < 4.78 is 11.3. The van der Waals surface area contributed by atoms with E-state index in [2.05, 4.69) is 144 Å². The molecule has 7 rings (SSSR count). The van der Waals surface area contributed by atoms with Crippen molar-refractivity contribution < 1.29 is 4.74 Å². The molecule has 1 aliphatic carbocycles. The quantitative estimate of drug-likeness (QED) is 0.137. The third-order valence-corrected chi connectivity index (χ3v) is 10.8. The van der Waals surface area contributed by atoms with Gasteiger partial charge in [0.1, 0.15) is 17.3 Å². The topological polar surface area (TPSA) is 44.9 Å². The second-order valence-electron chi connectivity index (χ2n) is 15.2. The van der Waals surface area contributed by atoms with E-state index in [-0.39, 0.29) is 0 Å². The number of rotatable bonds is 10. The molecule has 0 bridgehead atoms. The molecule has 2 atom stereocenters. The fourth-order valence-corrected chi connectivity index (χ4v) is 8.02. The third kappa shape index (κ3) is 6.39. The zero-order valence-corrected chi connectivity index (χ0v) is 31.1. The number of ether oxygens (including phenoxy) is 1. The van der Waals surface area contributed by atoms with Crippen LogP contribution in [-0.2, 0) is 12.8 Å². The van der Waals surface area contributed by atoms with Crippen molar-refractivity contribution in [2.45, 2.75) is 99.3 Å². The van der Waals surface area contributed by atoms with Crippen molar-refractivity contribution in [1.29, 1.82) is 0 Å². The van der Waals surface area contributed by atoms with E-state index >= 15 is 0 Å². The minimum absolute atomic E-state index is 0.331. The highest BCUT2D eigenvalue weighted by molar-refractivity contribution is 6.09. The average molecular weight is 665 g/mol. The zero-order valence-electron chi connectivity index (χ0n) is 31.1. The molecule has 1 aliphatic rings. The number of hydrogen-bond donors (Lipinski definition) is 0. The minimum Gasteiger partial charge on any atom is -0.457 e. The second kappa shape index (κ2) is 13.9. The molecule has 0 saturated carbocycles. The van der Waals surface area contributed by atoms with Crippen molar-refractivity contribution in [3.05, 3.63) is 119 Å². The first-order valence-electron chi connectivity index (χ1n) is 18.7. The predicted octanol–water partition coefficient (Wildman–Crippen LogP) is 12.2. The lowest BCUT2D eigenvalue weighted by molar-refractivity contribution is 0.445. The number of pyridine rings is 1. The van der Waals surface area contributed by atoms with Crippen LogP contribution in [0.5, 0.6) is 11.5 Å². The van der Waals surface area contributed by atoms with E-state index in [1.54, 1.807) is 0 Å². The summed E-state index contributed by atoms with van der Waals surface area (Å²) >= 11 is 0. The molecular formula is C45H52N4O. The van der Waals surface area contributed by atoms with Crippen LogP contribution in [0.1, 0.15) is 108 Å². The van der Waals surface area contributed by atoms with Gasteiger partial charge in [0, 0.05) is 46.3 Å². The molecule has 6 aromatic rings. The largest absolute Gasteiger partial charge is 0.457 e. The highest BCUT2D eigenvalue weighted by Gasteiger charge is 2.31. The monoisotopic (exact) mass is 664 g/mol. The van der Waals surface area contributed by atoms with Crippen LogP contribution in [0.2, 0.25) is 0 Å². The molecule has 0 aliphatic heterocycles. The number of aryl methyl sites for hydroxylation is 2. The van der Waals surface area contributed by atoms with Crippen LogP contribution in [0.4, 0.5) is 0 Å². The van der Waals surface area contributed by atoms with E-state index in [0.29, 0.717) is 23.7 Å². The normalized spacial score (nSPS) is 16.6. The summed E-state index contributed by atoms with van der Waals surface area (Å²) in [4.78, 5) is 4.81. The Morgan fingerprint density at radius 2 is 1.68 bits per heavy atom. The van der Waals surface area contributed by atoms with E-state index in [4.69, 9.17) is 14.8 Å². The summed E-state index contributed by atoms with van der Waals surface area (Å²) in [6.07, 6.45) is 9.84. The fraction of sp³-hybridized carbons (Fsp3) is 0.378. The predicted molar refractivity (Wildman–Crippen MR) is 208 cm³/mol. The van der Waals surface area contributed by atoms with Gasteiger partial charge in [-0.3, -0.25) is 4.57 Å². The molecule has 3 aromatic carbocycles. The number of aromatic nitrogens is 4. The van der Waals surface area contributed by atoms with Gasteiger partial charge in [0.2, 0.25) is 0 Å². The molecule has 0 spiro atoms. The Labute approximate surface area is 298 Å². The second-order valence-corrected chi connectivity index (χ2v) is 15.2. The maximum atomic E-state index is 6.81. The van der Waals surface area contributed by atoms with Crippen molar-refractivity contribution in [1.82, 2.24) is 19.3 Å². The highest BCUT2D eigenvalue weighted by atomic mass is 16.5. The van der Waals surface area contributed by atoms with E-state index in [1.165, 1.54) is 51.6 Å². The van der Waals surface area contributed by atoms with Crippen molar-refractivity contribution in [2.24, 2.45) is 11.8 Å². The van der Waals surface area contributed by atoms with Crippen LogP contribution in [-0.4, -0.2) is 19.3 Å². The zero-order chi connectivity index (χ0) is 35.1. The Morgan fingerprint density at radius 3 is 2.44 bits per heavy atom. The number of allylic oxidation sites excluding steroid dienone is 2. The van der Waals surface area contributed by atoms with E-state index < -0.39 is 0 Å². The molecule has 258 valence electrons. The Kier molecular flexibility index (Phi) is 9.43. The van der Waals surface area contributed by atoms with Crippen LogP contribution in [0.3, 0.4) is 0 Å². The molecule has 0 saturated heterocycles. The Balaban J connectivity index is 1.34. The summed E-state index contributed by atoms with van der Waals surface area (Å²) in [7, 11) is 0. The first-order valence-corrected chi connectivity index (χ1v) is 18.7. The molecule has 1 unspecified atom stereocenters. The van der Waals surface area contributed by atoms with Gasteiger partial charge < -0.3 is 4.74 Å². The third-order valence-electron chi connectivity index (χ3n) is 10.8. The van der Waals surface area contributed by atoms with Gasteiger partial charge in [-0.25, -0.2) is 9.67 Å². The van der Waals surface area contributed by atoms with Crippen molar-refractivity contribution in [2.75, 3.05) is 0 Å². The molecule has 5 nitrogen and oxygen atoms in total. The number of fused-ring (bicyclic) bond motifs is 3. The molecule has 3 heterocycles. The van der Waals surface area contributed by atoms with Gasteiger partial charge in [-0.15, -0.1) is 0 Å². The van der Waals surface area contributed by atoms with Gasteiger partial charge in [0.15, 0.2) is 0 Å². The Morgan fingerprint density at radius 1 is 0.880 bits per heavy atom. The maximum absolute atomic E-state index is 6.81. The molecule has 50 heavy (non-hydrogen) atoms. The molecule has 3 aromatic heterocycles. The van der Waals surface area contributed by atoms with Gasteiger partial charge in [-0.2, -0.15) is 5.10 Å². The minimum atomic E-state index is 0.331. The van der Waals surface area contributed by atoms with Crippen LogP contribution < -0.4 is 4.74 Å². The lowest BCUT2D eigenvalue weighted by Gasteiger charge is -2.30. The number of para-hydroxylation sites is 1. The van der Waals surface area contributed by atoms with Gasteiger partial charge in [0.25, 0.3) is 0 Å². The van der Waals surface area contributed by atoms with Crippen molar-refractivity contribution in [3.63, 3.8) is 0 Å². The molecular weight excluding hydrogens is 613 g/mol. The van der Waals surface area contributed by atoms with Crippen LogP contribution in [0, 0.1) is 18.8 Å². The smallest absolute Gasteiger partial charge is 0.137 e. The lowest BCUT2D eigenvalue weighted by Crippen LogP contribution is -2.18. The molecule has 0 N–H and O–H groups in total. The SMILES string of the molecule is CCc1ccnc(-n2c3ccccc3c3ccc(Oc4cc(C(C)C)cc(-n5nc(C)c(C6C(C)=CCC[C@@H]6C)c5CCC(C)C)c4)cc32)c1. The summed E-state index contributed by atoms with van der Waals surface area (Å²) in [5, 5.41) is 7.69.